The first-order valence-electron chi connectivity index (χ1n) is 19.1. The van der Waals surface area contributed by atoms with Crippen LogP contribution in [0.5, 0.6) is 0 Å². The molecule has 3 heterocycles. The average molecular weight is 735 g/mol. The fourth-order valence-corrected chi connectivity index (χ4v) is 8.05. The van der Waals surface area contributed by atoms with Crippen LogP contribution in [-0.4, -0.2) is 15.4 Å². The second-order valence-electron chi connectivity index (χ2n) is 14.5. The summed E-state index contributed by atoms with van der Waals surface area (Å²) in [6, 6.07) is 55.3. The zero-order chi connectivity index (χ0) is 38.2. The molecule has 0 bridgehead atoms. The fourth-order valence-electron chi connectivity index (χ4n) is 8.05. The molecule has 1 atom stereocenters. The Morgan fingerprint density at radius 2 is 0.945 bits per heavy atom. The number of fused-ring (bicyclic) bond motifs is 9. The van der Waals surface area contributed by atoms with Gasteiger partial charge in [0.05, 0.1) is 22.1 Å². The van der Waals surface area contributed by atoms with E-state index in [1.165, 1.54) is 66.0 Å². The summed E-state index contributed by atoms with van der Waals surface area (Å²) in [5.41, 5.74) is 12.7. The van der Waals surface area contributed by atoms with Crippen molar-refractivity contribution >= 4 is 78.2 Å². The summed E-state index contributed by atoms with van der Waals surface area (Å²) in [7, 11) is 0. The van der Waals surface area contributed by atoms with Gasteiger partial charge in [0.25, 0.3) is 0 Å². The third-order valence-electron chi connectivity index (χ3n) is 11.0. The highest BCUT2D eigenvalue weighted by molar-refractivity contribution is 7.79. The second-order valence-corrected chi connectivity index (χ2v) is 14.5. The Bertz CT molecular complexity index is 2940. The van der Waals surface area contributed by atoms with Crippen molar-refractivity contribution in [1.29, 1.82) is 0 Å². The van der Waals surface area contributed by atoms with Crippen LogP contribution in [0.3, 0.4) is 0 Å². The van der Waals surface area contributed by atoms with Gasteiger partial charge in [-0.1, -0.05) is 106 Å². The van der Waals surface area contributed by atoms with E-state index in [4.69, 9.17) is 4.42 Å². The van der Waals surface area contributed by atoms with Crippen LogP contribution in [0, 0.1) is 5.92 Å². The van der Waals surface area contributed by atoms with Gasteiger partial charge in [0, 0.05) is 43.7 Å². The molecule has 10 rings (SSSR count). The standard InChI is InChI=1S/C47H36N2O.C3H6.CH4S/c1-29(2)30(3)31-11-10-12-34(25-31)48-44-18-9-6-15-38(44)39-26-32(19-22-45(39)48)33-20-23-46-40(27-33)41-28-35(21-24-47(41)50-46)49-42-16-7-4-13-36(42)37-14-5-8-17-43(37)49;1-3-2;1-2/h4-30H,1-3H3;3H,1H2,2H3;2H,1H3. The summed E-state index contributed by atoms with van der Waals surface area (Å²) in [5, 5.41) is 7.28. The zero-order valence-electron chi connectivity index (χ0n) is 32.1. The van der Waals surface area contributed by atoms with Crippen molar-refractivity contribution in [2.75, 3.05) is 6.26 Å². The monoisotopic (exact) mass is 734 g/mol. The van der Waals surface area contributed by atoms with Crippen molar-refractivity contribution in [1.82, 2.24) is 9.13 Å². The van der Waals surface area contributed by atoms with Gasteiger partial charge in [-0.25, -0.2) is 0 Å². The van der Waals surface area contributed by atoms with E-state index in [0.717, 1.165) is 27.6 Å². The molecule has 0 fully saturated rings. The van der Waals surface area contributed by atoms with E-state index in [9.17, 15) is 0 Å². The van der Waals surface area contributed by atoms with Crippen molar-refractivity contribution < 1.29 is 4.42 Å². The van der Waals surface area contributed by atoms with Crippen LogP contribution < -0.4 is 0 Å². The number of aromatic nitrogens is 2. The Balaban J connectivity index is 0.000000817. The Labute approximate surface area is 328 Å². The number of rotatable bonds is 5. The number of hydrogen-bond acceptors (Lipinski definition) is 2. The third-order valence-corrected chi connectivity index (χ3v) is 11.0. The molecule has 0 aliphatic rings. The van der Waals surface area contributed by atoms with Crippen molar-refractivity contribution in [3.63, 3.8) is 0 Å². The number of para-hydroxylation sites is 3. The molecular formula is C51H46N2OS. The normalized spacial score (nSPS) is 12.0. The molecule has 0 amide bonds. The van der Waals surface area contributed by atoms with Gasteiger partial charge in [0.1, 0.15) is 11.2 Å². The Morgan fingerprint density at radius 1 is 0.491 bits per heavy atom. The predicted octanol–water partition coefficient (Wildman–Crippen LogP) is 14.9. The van der Waals surface area contributed by atoms with Crippen LogP contribution in [0.4, 0.5) is 0 Å². The Kier molecular flexibility index (Phi) is 9.86. The molecule has 3 aromatic heterocycles. The molecular weight excluding hydrogens is 689 g/mol. The molecule has 1 unspecified atom stereocenters. The molecule has 10 aromatic rings. The lowest BCUT2D eigenvalue weighted by Gasteiger charge is -2.18. The van der Waals surface area contributed by atoms with Gasteiger partial charge in [-0.05, 0) is 115 Å². The minimum absolute atomic E-state index is 0.488. The summed E-state index contributed by atoms with van der Waals surface area (Å²) in [4.78, 5) is 0. The van der Waals surface area contributed by atoms with Crippen molar-refractivity contribution in [2.24, 2.45) is 5.92 Å². The van der Waals surface area contributed by atoms with Gasteiger partial charge in [0.2, 0.25) is 0 Å². The maximum atomic E-state index is 6.40. The van der Waals surface area contributed by atoms with Crippen LogP contribution in [0.1, 0.15) is 39.2 Å². The minimum atomic E-state index is 0.488. The topological polar surface area (TPSA) is 23.0 Å². The summed E-state index contributed by atoms with van der Waals surface area (Å²) in [6.07, 6.45) is 3.44. The zero-order valence-corrected chi connectivity index (χ0v) is 33.0. The smallest absolute Gasteiger partial charge is 0.135 e. The van der Waals surface area contributed by atoms with Gasteiger partial charge >= 0.3 is 0 Å². The molecule has 0 aliphatic heterocycles. The molecule has 0 spiro atoms. The highest BCUT2D eigenvalue weighted by atomic mass is 32.1. The molecule has 272 valence electrons. The lowest BCUT2D eigenvalue weighted by molar-refractivity contribution is 0.535. The van der Waals surface area contributed by atoms with Crippen LogP contribution >= 0.6 is 12.6 Å². The van der Waals surface area contributed by atoms with E-state index < -0.39 is 0 Å². The third kappa shape index (κ3) is 6.21. The number of furan rings is 1. The van der Waals surface area contributed by atoms with E-state index in [-0.39, 0.29) is 0 Å². The Morgan fingerprint density at radius 3 is 1.53 bits per heavy atom. The first-order valence-corrected chi connectivity index (χ1v) is 19.9. The first kappa shape index (κ1) is 36.0. The molecule has 4 heteroatoms. The molecule has 0 radical (unpaired) electrons. The minimum Gasteiger partial charge on any atom is -0.456 e. The van der Waals surface area contributed by atoms with Gasteiger partial charge in [-0.15, -0.1) is 6.58 Å². The summed E-state index contributed by atoms with van der Waals surface area (Å²) < 4.78 is 11.2. The highest BCUT2D eigenvalue weighted by Gasteiger charge is 2.18. The molecule has 0 saturated carbocycles. The Hall–Kier alpha value is -5.97. The van der Waals surface area contributed by atoms with Crippen LogP contribution in [0.15, 0.2) is 169 Å². The van der Waals surface area contributed by atoms with Gasteiger partial charge in [-0.3, -0.25) is 0 Å². The maximum absolute atomic E-state index is 6.40. The summed E-state index contributed by atoms with van der Waals surface area (Å²) in [6.45, 7) is 12.2. The molecule has 55 heavy (non-hydrogen) atoms. The number of benzene rings is 7. The number of thiol groups is 1. The number of nitrogens with zero attached hydrogens (tertiary/aromatic N) is 2. The van der Waals surface area contributed by atoms with Crippen molar-refractivity contribution in [3.8, 4) is 22.5 Å². The van der Waals surface area contributed by atoms with E-state index in [2.05, 4.69) is 201 Å². The van der Waals surface area contributed by atoms with Crippen LogP contribution in [0.2, 0.25) is 0 Å². The van der Waals surface area contributed by atoms with Gasteiger partial charge in [-0.2, -0.15) is 12.6 Å². The van der Waals surface area contributed by atoms with E-state index in [1.807, 2.05) is 6.92 Å². The summed E-state index contributed by atoms with van der Waals surface area (Å²) in [5.74, 6) is 1.07. The predicted molar refractivity (Wildman–Crippen MR) is 242 cm³/mol. The highest BCUT2D eigenvalue weighted by Crippen LogP contribution is 2.39. The molecule has 0 aliphatic carbocycles. The molecule has 7 aromatic carbocycles. The quantitative estimate of drug-likeness (QED) is 0.138. The number of allylic oxidation sites excluding steroid dienone is 1. The van der Waals surface area contributed by atoms with Crippen LogP contribution in [0.25, 0.3) is 88.1 Å². The number of hydrogen-bond donors (Lipinski definition) is 1. The largest absolute Gasteiger partial charge is 0.456 e. The first-order chi connectivity index (χ1) is 26.9. The second kappa shape index (κ2) is 15.0. The average Bonchev–Trinajstić information content (AvgIpc) is 3.88. The van der Waals surface area contributed by atoms with Crippen molar-refractivity contribution in [2.45, 2.75) is 33.6 Å². The van der Waals surface area contributed by atoms with E-state index >= 15 is 0 Å². The van der Waals surface area contributed by atoms with E-state index in [1.54, 1.807) is 12.3 Å². The summed E-state index contributed by atoms with van der Waals surface area (Å²) >= 11 is 3.53. The fraction of sp³-hybridized carbons (Fsp3) is 0.137. The lowest BCUT2D eigenvalue weighted by Crippen LogP contribution is -2.03. The van der Waals surface area contributed by atoms with Gasteiger partial charge < -0.3 is 13.6 Å². The SMILES string of the molecule is C=CC.CC(C)C(C)c1cccc(-n2c3ccccc3c3cc(-c4ccc5oc6ccc(-n7c8ccccc8c8ccccc87)cc6c5c4)ccc32)c1.CS. The van der Waals surface area contributed by atoms with Crippen molar-refractivity contribution in [3.05, 3.63) is 170 Å². The van der Waals surface area contributed by atoms with Gasteiger partial charge in [0.15, 0.2) is 0 Å². The van der Waals surface area contributed by atoms with Crippen LogP contribution in [-0.2, 0) is 0 Å². The van der Waals surface area contributed by atoms with E-state index in [0.29, 0.717) is 11.8 Å². The molecule has 3 nitrogen and oxygen atoms in total. The molecule has 0 N–H and O–H groups in total. The maximum Gasteiger partial charge on any atom is 0.135 e. The lowest BCUT2D eigenvalue weighted by atomic mass is 9.90. The molecule has 0 saturated heterocycles.